The minimum absolute atomic E-state index is 0.0274. The Balaban J connectivity index is 1.50. The number of aromatic nitrogens is 4. The zero-order chi connectivity index (χ0) is 24.5. The molecule has 0 spiro atoms. The van der Waals surface area contributed by atoms with Crippen LogP contribution >= 0.6 is 0 Å². The van der Waals surface area contributed by atoms with Gasteiger partial charge in [-0.1, -0.05) is 60.7 Å². The Morgan fingerprint density at radius 1 is 0.914 bits per heavy atom. The van der Waals surface area contributed by atoms with Gasteiger partial charge in [0.1, 0.15) is 6.54 Å². The molecule has 0 saturated carbocycles. The molecule has 1 aliphatic rings. The number of carbonyl (C=O) groups is 1. The molecule has 2 aromatic carbocycles. The standard InChI is InChI=1S/C26H28N6O3/c1-28-23-22(24(34)29(2)26(28)35)32(18-21(33)20-11-7-4-8-12-20)25(27-23)31-15-13-30(14-16-31)17-19-9-5-3-6-10-19/h3-12H,13-18H2,1-2H3/p+1. The van der Waals surface area contributed by atoms with Crippen LogP contribution < -0.4 is 21.0 Å². The minimum atomic E-state index is -0.448. The van der Waals surface area contributed by atoms with Crippen LogP contribution in [0.25, 0.3) is 11.2 Å². The second kappa shape index (κ2) is 9.34. The molecule has 0 bridgehead atoms. The lowest BCUT2D eigenvalue weighted by Gasteiger charge is -2.33. The Kier molecular flexibility index (Phi) is 6.08. The van der Waals surface area contributed by atoms with Crippen molar-refractivity contribution in [2.75, 3.05) is 31.1 Å². The van der Waals surface area contributed by atoms with E-state index in [0.717, 1.165) is 37.3 Å². The molecule has 1 fully saturated rings. The third-order valence-electron chi connectivity index (χ3n) is 6.78. The van der Waals surface area contributed by atoms with Gasteiger partial charge in [-0.2, -0.15) is 4.98 Å². The number of quaternary nitrogens is 1. The predicted octanol–water partition coefficient (Wildman–Crippen LogP) is 0.222. The fourth-order valence-corrected chi connectivity index (χ4v) is 4.77. The van der Waals surface area contributed by atoms with Crippen molar-refractivity contribution in [2.24, 2.45) is 14.1 Å². The Labute approximate surface area is 202 Å². The van der Waals surface area contributed by atoms with E-state index in [2.05, 4.69) is 29.2 Å². The van der Waals surface area contributed by atoms with Gasteiger partial charge in [-0.05, 0) is 0 Å². The summed E-state index contributed by atoms with van der Waals surface area (Å²) in [6.45, 7) is 4.20. The third kappa shape index (κ3) is 4.30. The van der Waals surface area contributed by atoms with Crippen LogP contribution in [0.1, 0.15) is 15.9 Å². The molecule has 3 heterocycles. The minimum Gasteiger partial charge on any atom is -0.331 e. The lowest BCUT2D eigenvalue weighted by atomic mass is 10.1. The number of hydrogen-bond acceptors (Lipinski definition) is 5. The van der Waals surface area contributed by atoms with E-state index in [1.165, 1.54) is 22.1 Å². The average Bonchev–Trinajstić information content (AvgIpc) is 3.27. The number of rotatable bonds is 6. The van der Waals surface area contributed by atoms with E-state index in [0.29, 0.717) is 17.2 Å². The first kappa shape index (κ1) is 22.8. The molecule has 1 N–H and O–H groups in total. The molecule has 9 heteroatoms. The number of piperazine rings is 1. The summed E-state index contributed by atoms with van der Waals surface area (Å²) in [7, 11) is 3.05. The van der Waals surface area contributed by atoms with E-state index in [1.54, 1.807) is 23.7 Å². The molecular formula is C26H29N6O3+. The zero-order valence-corrected chi connectivity index (χ0v) is 20.0. The normalized spacial score (nSPS) is 14.5. The van der Waals surface area contributed by atoms with Gasteiger partial charge < -0.3 is 9.80 Å². The van der Waals surface area contributed by atoms with Crippen molar-refractivity contribution in [3.63, 3.8) is 0 Å². The Hall–Kier alpha value is -3.98. The lowest BCUT2D eigenvalue weighted by Crippen LogP contribution is -3.13. The summed E-state index contributed by atoms with van der Waals surface area (Å²) in [6.07, 6.45) is 0. The number of aryl methyl sites for hydroxylation is 1. The number of benzene rings is 2. The van der Waals surface area contributed by atoms with Gasteiger partial charge in [0.25, 0.3) is 5.56 Å². The van der Waals surface area contributed by atoms with E-state index in [9.17, 15) is 14.4 Å². The van der Waals surface area contributed by atoms with Crippen LogP contribution in [-0.4, -0.2) is 50.6 Å². The second-order valence-electron chi connectivity index (χ2n) is 9.06. The first-order valence-corrected chi connectivity index (χ1v) is 11.8. The first-order chi connectivity index (χ1) is 16.9. The Morgan fingerprint density at radius 2 is 1.54 bits per heavy atom. The molecule has 5 rings (SSSR count). The lowest BCUT2D eigenvalue weighted by molar-refractivity contribution is -0.914. The van der Waals surface area contributed by atoms with Crippen LogP contribution in [0.3, 0.4) is 0 Å². The number of hydrogen-bond donors (Lipinski definition) is 1. The molecule has 0 atom stereocenters. The summed E-state index contributed by atoms with van der Waals surface area (Å²) >= 11 is 0. The Bertz CT molecular complexity index is 1480. The van der Waals surface area contributed by atoms with Gasteiger partial charge in [-0.25, -0.2) is 4.79 Å². The van der Waals surface area contributed by atoms with E-state index in [4.69, 9.17) is 4.98 Å². The molecule has 35 heavy (non-hydrogen) atoms. The number of carbonyl (C=O) groups excluding carboxylic acids is 1. The highest BCUT2D eigenvalue weighted by Gasteiger charge is 2.28. The van der Waals surface area contributed by atoms with E-state index in [-0.39, 0.29) is 17.8 Å². The highest BCUT2D eigenvalue weighted by Crippen LogP contribution is 2.21. The number of nitrogens with zero attached hydrogens (tertiary/aromatic N) is 5. The Morgan fingerprint density at radius 3 is 2.20 bits per heavy atom. The molecule has 0 aliphatic carbocycles. The number of fused-ring (bicyclic) bond motifs is 1. The zero-order valence-electron chi connectivity index (χ0n) is 20.0. The molecule has 1 saturated heterocycles. The smallest absolute Gasteiger partial charge is 0.331 e. The highest BCUT2D eigenvalue weighted by molar-refractivity contribution is 5.97. The van der Waals surface area contributed by atoms with Gasteiger partial charge in [0.05, 0.1) is 32.7 Å². The molecule has 0 unspecified atom stereocenters. The fourth-order valence-electron chi connectivity index (χ4n) is 4.77. The monoisotopic (exact) mass is 473 g/mol. The molecule has 9 nitrogen and oxygen atoms in total. The molecule has 0 radical (unpaired) electrons. The van der Waals surface area contributed by atoms with Gasteiger partial charge >= 0.3 is 5.69 Å². The number of anilines is 1. The summed E-state index contributed by atoms with van der Waals surface area (Å²) in [5, 5.41) is 0. The topological polar surface area (TPSA) is 86.6 Å². The van der Waals surface area contributed by atoms with E-state index < -0.39 is 11.2 Å². The van der Waals surface area contributed by atoms with Crippen molar-refractivity contribution in [3.8, 4) is 0 Å². The van der Waals surface area contributed by atoms with Crippen molar-refractivity contribution in [2.45, 2.75) is 13.1 Å². The number of imidazole rings is 1. The molecule has 1 aliphatic heterocycles. The summed E-state index contributed by atoms with van der Waals surface area (Å²) in [5.41, 5.74) is 1.55. The number of ketones is 1. The summed E-state index contributed by atoms with van der Waals surface area (Å²) in [5.74, 6) is 0.441. The second-order valence-corrected chi connectivity index (χ2v) is 9.06. The van der Waals surface area contributed by atoms with Crippen LogP contribution in [0.15, 0.2) is 70.3 Å². The van der Waals surface area contributed by atoms with Gasteiger partial charge in [-0.15, -0.1) is 0 Å². The fraction of sp³-hybridized carbons (Fsp3) is 0.308. The van der Waals surface area contributed by atoms with E-state index >= 15 is 0 Å². The molecule has 4 aromatic rings. The van der Waals surface area contributed by atoms with Crippen molar-refractivity contribution in [3.05, 3.63) is 92.6 Å². The van der Waals surface area contributed by atoms with Crippen LogP contribution in [0.4, 0.5) is 5.95 Å². The SMILES string of the molecule is Cn1c(=O)c2c(nc(N3CC[NH+](Cc4ccccc4)CC3)n2CC(=O)c2ccccc2)n(C)c1=O. The molecule has 2 aromatic heterocycles. The maximum atomic E-state index is 13.1. The maximum absolute atomic E-state index is 13.1. The van der Waals surface area contributed by atoms with Crippen LogP contribution in [0.5, 0.6) is 0 Å². The number of nitrogens with one attached hydrogen (secondary N) is 1. The average molecular weight is 474 g/mol. The van der Waals surface area contributed by atoms with Gasteiger partial charge in [-0.3, -0.25) is 23.3 Å². The summed E-state index contributed by atoms with van der Waals surface area (Å²) in [6, 6.07) is 19.4. The van der Waals surface area contributed by atoms with Crippen molar-refractivity contribution >= 4 is 22.9 Å². The molecule has 0 amide bonds. The van der Waals surface area contributed by atoms with Crippen LogP contribution in [-0.2, 0) is 27.2 Å². The number of Topliss-reactive ketones (excluding diaryl/α,β-unsaturated/α-hetero) is 1. The van der Waals surface area contributed by atoms with Gasteiger partial charge in [0.2, 0.25) is 5.95 Å². The van der Waals surface area contributed by atoms with Crippen LogP contribution in [0, 0.1) is 0 Å². The van der Waals surface area contributed by atoms with Crippen LogP contribution in [0.2, 0.25) is 0 Å². The quantitative estimate of drug-likeness (QED) is 0.405. The summed E-state index contributed by atoms with van der Waals surface area (Å²) in [4.78, 5) is 47.2. The first-order valence-electron chi connectivity index (χ1n) is 11.8. The summed E-state index contributed by atoms with van der Waals surface area (Å²) < 4.78 is 4.13. The largest absolute Gasteiger partial charge is 0.332 e. The predicted molar refractivity (Wildman–Crippen MR) is 134 cm³/mol. The van der Waals surface area contributed by atoms with E-state index in [1.807, 2.05) is 24.3 Å². The molecule has 180 valence electrons. The maximum Gasteiger partial charge on any atom is 0.332 e. The van der Waals surface area contributed by atoms with Crippen molar-refractivity contribution in [1.82, 2.24) is 18.7 Å². The molecular weight excluding hydrogens is 444 g/mol. The van der Waals surface area contributed by atoms with Crippen molar-refractivity contribution < 1.29 is 9.69 Å². The highest BCUT2D eigenvalue weighted by atomic mass is 16.2. The third-order valence-corrected chi connectivity index (χ3v) is 6.78. The van der Waals surface area contributed by atoms with Crippen molar-refractivity contribution in [1.29, 1.82) is 0 Å². The van der Waals surface area contributed by atoms with Gasteiger partial charge in [0.15, 0.2) is 16.9 Å². The van der Waals surface area contributed by atoms with Gasteiger partial charge in [0, 0.05) is 25.2 Å².